The predicted octanol–water partition coefficient (Wildman–Crippen LogP) is 2.98. The maximum Gasteiger partial charge on any atom is 0.346 e. The van der Waals surface area contributed by atoms with Gasteiger partial charge < -0.3 is 10.5 Å². The highest BCUT2D eigenvalue weighted by atomic mass is 19.1. The highest BCUT2D eigenvalue weighted by Gasteiger charge is 2.21. The number of para-hydroxylation sites is 1. The number of nitro groups is 1. The Hall–Kier alpha value is -2.47. The van der Waals surface area contributed by atoms with Crippen molar-refractivity contribution in [2.45, 2.75) is 6.54 Å². The Morgan fingerprint density at radius 3 is 2.68 bits per heavy atom. The van der Waals surface area contributed by atoms with E-state index in [0.717, 1.165) is 11.6 Å². The number of hydrogen-bond acceptors (Lipinski definition) is 4. The lowest BCUT2D eigenvalue weighted by Crippen LogP contribution is -1.98. The van der Waals surface area contributed by atoms with Crippen molar-refractivity contribution >= 4 is 5.69 Å². The maximum absolute atomic E-state index is 13.4. The first-order valence-electron chi connectivity index (χ1n) is 5.51. The van der Waals surface area contributed by atoms with Gasteiger partial charge in [-0.3, -0.25) is 10.1 Å². The van der Waals surface area contributed by atoms with Gasteiger partial charge in [-0.25, -0.2) is 0 Å². The van der Waals surface area contributed by atoms with E-state index in [1.807, 2.05) is 0 Å². The van der Waals surface area contributed by atoms with Crippen molar-refractivity contribution in [2.75, 3.05) is 0 Å². The average molecular weight is 262 g/mol. The van der Waals surface area contributed by atoms with Gasteiger partial charge in [-0.15, -0.1) is 0 Å². The lowest BCUT2D eigenvalue weighted by Gasteiger charge is -2.07. The van der Waals surface area contributed by atoms with Crippen LogP contribution in [0.5, 0.6) is 11.5 Å². The van der Waals surface area contributed by atoms with E-state index in [1.54, 1.807) is 24.3 Å². The summed E-state index contributed by atoms with van der Waals surface area (Å²) in [6, 6.07) is 10.5. The predicted molar refractivity (Wildman–Crippen MR) is 67.5 cm³/mol. The van der Waals surface area contributed by atoms with Crippen molar-refractivity contribution in [3.8, 4) is 11.5 Å². The van der Waals surface area contributed by atoms with Crippen molar-refractivity contribution in [1.29, 1.82) is 0 Å². The zero-order chi connectivity index (χ0) is 13.8. The number of hydrogen-bond donors (Lipinski definition) is 1. The standard InChI is InChI=1S/C13H11FN2O3/c14-11-5-2-6-12(13(11)16(17)18)19-10-4-1-3-9(7-10)8-15/h1-7H,8,15H2. The molecule has 5 nitrogen and oxygen atoms in total. The first kappa shape index (κ1) is 13.0. The quantitative estimate of drug-likeness (QED) is 0.678. The van der Waals surface area contributed by atoms with Gasteiger partial charge in [-0.05, 0) is 29.8 Å². The highest BCUT2D eigenvalue weighted by molar-refractivity contribution is 5.49. The summed E-state index contributed by atoms with van der Waals surface area (Å²) in [5.74, 6) is -0.701. The Balaban J connectivity index is 2.38. The van der Waals surface area contributed by atoms with Crippen LogP contribution in [0.15, 0.2) is 42.5 Å². The molecule has 0 unspecified atom stereocenters. The summed E-state index contributed by atoms with van der Waals surface area (Å²) in [4.78, 5) is 10.0. The Morgan fingerprint density at radius 1 is 1.26 bits per heavy atom. The third-order valence-corrected chi connectivity index (χ3v) is 2.49. The lowest BCUT2D eigenvalue weighted by molar-refractivity contribution is -0.388. The van der Waals surface area contributed by atoms with E-state index in [2.05, 4.69) is 0 Å². The average Bonchev–Trinajstić information content (AvgIpc) is 2.38. The first-order chi connectivity index (χ1) is 9.11. The molecule has 0 heterocycles. The summed E-state index contributed by atoms with van der Waals surface area (Å²) >= 11 is 0. The minimum Gasteiger partial charge on any atom is -0.450 e. The molecule has 0 amide bonds. The molecule has 0 fully saturated rings. The van der Waals surface area contributed by atoms with Gasteiger partial charge in [0.15, 0.2) is 0 Å². The Labute approximate surface area is 108 Å². The molecule has 0 aromatic heterocycles. The minimum absolute atomic E-state index is 0.140. The Morgan fingerprint density at radius 2 is 2.00 bits per heavy atom. The second-order valence-electron chi connectivity index (χ2n) is 3.80. The molecule has 19 heavy (non-hydrogen) atoms. The third kappa shape index (κ3) is 2.86. The van der Waals surface area contributed by atoms with E-state index in [1.165, 1.54) is 12.1 Å². The van der Waals surface area contributed by atoms with Gasteiger partial charge in [-0.2, -0.15) is 4.39 Å². The largest absolute Gasteiger partial charge is 0.450 e. The van der Waals surface area contributed by atoms with Crippen molar-refractivity contribution in [3.05, 3.63) is 64.0 Å². The van der Waals surface area contributed by atoms with Crippen LogP contribution in [0.25, 0.3) is 0 Å². The molecule has 2 aromatic carbocycles. The molecular weight excluding hydrogens is 251 g/mol. The van der Waals surface area contributed by atoms with Crippen LogP contribution >= 0.6 is 0 Å². The van der Waals surface area contributed by atoms with Crippen LogP contribution in [0.3, 0.4) is 0 Å². The van der Waals surface area contributed by atoms with Gasteiger partial charge >= 0.3 is 5.69 Å². The molecule has 0 aliphatic carbocycles. The number of rotatable bonds is 4. The normalized spacial score (nSPS) is 10.2. The van der Waals surface area contributed by atoms with Gasteiger partial charge in [0.1, 0.15) is 5.75 Å². The third-order valence-electron chi connectivity index (χ3n) is 2.49. The van der Waals surface area contributed by atoms with Crippen molar-refractivity contribution in [3.63, 3.8) is 0 Å². The van der Waals surface area contributed by atoms with Crippen LogP contribution < -0.4 is 10.5 Å². The number of nitrogens with two attached hydrogens (primary N) is 1. The van der Waals surface area contributed by atoms with E-state index in [-0.39, 0.29) is 5.75 Å². The SMILES string of the molecule is NCc1cccc(Oc2cccc(F)c2[N+](=O)[O-])c1. The molecule has 0 bridgehead atoms. The molecule has 0 radical (unpaired) electrons. The van der Waals surface area contributed by atoms with Crippen LogP contribution in [0.1, 0.15) is 5.56 Å². The van der Waals surface area contributed by atoms with Crippen LogP contribution in [0.2, 0.25) is 0 Å². The molecule has 2 N–H and O–H groups in total. The summed E-state index contributed by atoms with van der Waals surface area (Å²) in [5.41, 5.74) is 5.63. The molecule has 2 aromatic rings. The molecule has 0 aliphatic rings. The molecule has 6 heteroatoms. The summed E-state index contributed by atoms with van der Waals surface area (Å²) in [6.45, 7) is 0.322. The molecule has 0 saturated heterocycles. The van der Waals surface area contributed by atoms with Gasteiger partial charge in [0.05, 0.1) is 4.92 Å². The number of ether oxygens (including phenoxy) is 1. The monoisotopic (exact) mass is 262 g/mol. The van der Waals surface area contributed by atoms with Gasteiger partial charge in [0.25, 0.3) is 0 Å². The highest BCUT2D eigenvalue weighted by Crippen LogP contribution is 2.33. The maximum atomic E-state index is 13.4. The Bertz CT molecular complexity index is 617. The van der Waals surface area contributed by atoms with Crippen LogP contribution in [0.4, 0.5) is 10.1 Å². The number of nitrogens with zero attached hydrogens (tertiary/aromatic N) is 1. The smallest absolute Gasteiger partial charge is 0.346 e. The van der Waals surface area contributed by atoms with Crippen LogP contribution in [-0.2, 0) is 6.54 Å². The van der Waals surface area contributed by atoms with E-state index in [4.69, 9.17) is 10.5 Å². The van der Waals surface area contributed by atoms with Gasteiger partial charge in [0, 0.05) is 6.54 Å². The summed E-state index contributed by atoms with van der Waals surface area (Å²) < 4.78 is 18.8. The van der Waals surface area contributed by atoms with E-state index in [0.29, 0.717) is 12.3 Å². The minimum atomic E-state index is -0.933. The summed E-state index contributed by atoms with van der Waals surface area (Å²) in [6.07, 6.45) is 0. The Kier molecular flexibility index (Phi) is 3.72. The topological polar surface area (TPSA) is 78.4 Å². The second-order valence-corrected chi connectivity index (χ2v) is 3.80. The molecule has 0 atom stereocenters. The van der Waals surface area contributed by atoms with Crippen molar-refractivity contribution in [1.82, 2.24) is 0 Å². The zero-order valence-electron chi connectivity index (χ0n) is 9.88. The summed E-state index contributed by atoms with van der Waals surface area (Å²) in [5, 5.41) is 10.8. The molecule has 0 spiro atoms. The van der Waals surface area contributed by atoms with E-state index in [9.17, 15) is 14.5 Å². The van der Waals surface area contributed by atoms with Gasteiger partial charge in [0.2, 0.25) is 11.6 Å². The van der Waals surface area contributed by atoms with Crippen molar-refractivity contribution < 1.29 is 14.1 Å². The van der Waals surface area contributed by atoms with Gasteiger partial charge in [-0.1, -0.05) is 18.2 Å². The fourth-order valence-corrected chi connectivity index (χ4v) is 1.62. The van der Waals surface area contributed by atoms with Crippen LogP contribution in [-0.4, -0.2) is 4.92 Å². The van der Waals surface area contributed by atoms with E-state index >= 15 is 0 Å². The fourth-order valence-electron chi connectivity index (χ4n) is 1.62. The lowest BCUT2D eigenvalue weighted by atomic mass is 10.2. The number of benzene rings is 2. The number of halogens is 1. The first-order valence-corrected chi connectivity index (χ1v) is 5.51. The molecule has 0 aliphatic heterocycles. The molecule has 0 saturated carbocycles. The summed E-state index contributed by atoms with van der Waals surface area (Å²) in [7, 11) is 0. The number of nitro benzene ring substituents is 1. The van der Waals surface area contributed by atoms with Crippen molar-refractivity contribution in [2.24, 2.45) is 5.73 Å². The molecule has 98 valence electrons. The zero-order valence-corrected chi connectivity index (χ0v) is 9.88. The van der Waals surface area contributed by atoms with Crippen LogP contribution in [0, 0.1) is 15.9 Å². The molecule has 2 rings (SSSR count). The fraction of sp³-hybridized carbons (Fsp3) is 0.0769. The molecular formula is C13H11FN2O3. The second kappa shape index (κ2) is 5.45. The van der Waals surface area contributed by atoms with E-state index < -0.39 is 16.4 Å².